The molecule has 7 nitrogen and oxygen atoms in total. The fourth-order valence-corrected chi connectivity index (χ4v) is 4.16. The normalized spacial score (nSPS) is 14.7. The summed E-state index contributed by atoms with van der Waals surface area (Å²) in [6.45, 7) is 6.33. The Morgan fingerprint density at radius 3 is 2.61 bits per heavy atom. The summed E-state index contributed by atoms with van der Waals surface area (Å²) in [5.41, 5.74) is 3.51. The molecule has 1 aliphatic rings. The van der Waals surface area contributed by atoms with Crippen molar-refractivity contribution in [2.75, 3.05) is 43.4 Å². The molecule has 0 bridgehead atoms. The summed E-state index contributed by atoms with van der Waals surface area (Å²) in [6, 6.07) is 13.4. The standard InChI is InChI=1S/C23H27N5O2S/c1-16-15-17(27-13-11-26(2)12-14-27)7-8-19(16)24-21(29)9-10-28-22(30)18-5-3-4-6-20(18)25-23(28)31/h3-8,15H,9-14H2,1-2H3,(H,24,29)(H,25,31). The van der Waals surface area contributed by atoms with Crippen LogP contribution >= 0.6 is 12.2 Å². The summed E-state index contributed by atoms with van der Waals surface area (Å²) in [5.74, 6) is -0.148. The monoisotopic (exact) mass is 437 g/mol. The number of fused-ring (bicyclic) bond motifs is 1. The van der Waals surface area contributed by atoms with E-state index in [0.29, 0.717) is 15.7 Å². The number of aryl methyl sites for hydroxylation is 1. The molecule has 2 N–H and O–H groups in total. The molecule has 2 aromatic carbocycles. The minimum Gasteiger partial charge on any atom is -0.369 e. The van der Waals surface area contributed by atoms with Crippen molar-refractivity contribution in [2.24, 2.45) is 0 Å². The van der Waals surface area contributed by atoms with Crippen LogP contribution in [0.25, 0.3) is 10.9 Å². The number of aromatic nitrogens is 2. The number of para-hydroxylation sites is 1. The van der Waals surface area contributed by atoms with Gasteiger partial charge in [-0.3, -0.25) is 14.2 Å². The van der Waals surface area contributed by atoms with E-state index in [9.17, 15) is 9.59 Å². The van der Waals surface area contributed by atoms with Crippen molar-refractivity contribution in [2.45, 2.75) is 19.9 Å². The summed E-state index contributed by atoms with van der Waals surface area (Å²) < 4.78 is 1.77. The van der Waals surface area contributed by atoms with Crippen molar-refractivity contribution < 1.29 is 4.79 Å². The molecule has 0 aliphatic carbocycles. The minimum atomic E-state index is -0.181. The van der Waals surface area contributed by atoms with E-state index in [4.69, 9.17) is 12.2 Å². The van der Waals surface area contributed by atoms with Gasteiger partial charge in [0.05, 0.1) is 10.9 Å². The average molecular weight is 438 g/mol. The van der Waals surface area contributed by atoms with Crippen LogP contribution in [0.15, 0.2) is 47.3 Å². The number of carbonyl (C=O) groups excluding carboxylic acids is 1. The van der Waals surface area contributed by atoms with Crippen molar-refractivity contribution in [1.29, 1.82) is 0 Å². The second kappa shape index (κ2) is 9.03. The first-order valence-electron chi connectivity index (χ1n) is 10.5. The van der Waals surface area contributed by atoms with E-state index in [0.717, 1.165) is 37.4 Å². The van der Waals surface area contributed by atoms with Gasteiger partial charge < -0.3 is 20.1 Å². The third-order valence-electron chi connectivity index (χ3n) is 5.80. The lowest BCUT2D eigenvalue weighted by Gasteiger charge is -2.34. The van der Waals surface area contributed by atoms with E-state index < -0.39 is 0 Å². The van der Waals surface area contributed by atoms with Crippen molar-refractivity contribution in [3.05, 3.63) is 63.2 Å². The molecule has 8 heteroatoms. The maximum atomic E-state index is 12.7. The number of carbonyl (C=O) groups is 1. The van der Waals surface area contributed by atoms with Gasteiger partial charge in [0.1, 0.15) is 0 Å². The van der Waals surface area contributed by atoms with Crippen LogP contribution in [-0.2, 0) is 11.3 Å². The van der Waals surface area contributed by atoms with E-state index >= 15 is 0 Å². The lowest BCUT2D eigenvalue weighted by atomic mass is 10.1. The third kappa shape index (κ3) is 4.70. The molecule has 4 rings (SSSR count). The fraction of sp³-hybridized carbons (Fsp3) is 0.348. The predicted octanol–water partition coefficient (Wildman–Crippen LogP) is 3.15. The minimum absolute atomic E-state index is 0.148. The molecule has 2 heterocycles. The number of hydrogen-bond acceptors (Lipinski definition) is 5. The highest BCUT2D eigenvalue weighted by Gasteiger charge is 2.15. The number of benzene rings is 2. The number of amides is 1. The third-order valence-corrected chi connectivity index (χ3v) is 6.13. The van der Waals surface area contributed by atoms with Gasteiger partial charge in [0.15, 0.2) is 4.77 Å². The van der Waals surface area contributed by atoms with Gasteiger partial charge in [0.25, 0.3) is 5.56 Å². The summed E-state index contributed by atoms with van der Waals surface area (Å²) >= 11 is 5.32. The van der Waals surface area contributed by atoms with Crippen molar-refractivity contribution in [3.63, 3.8) is 0 Å². The molecule has 0 radical (unpaired) electrons. The quantitative estimate of drug-likeness (QED) is 0.600. The molecule has 31 heavy (non-hydrogen) atoms. The van der Waals surface area contributed by atoms with Crippen molar-refractivity contribution in [3.8, 4) is 0 Å². The Bertz CT molecular complexity index is 1220. The van der Waals surface area contributed by atoms with E-state index in [1.54, 1.807) is 6.07 Å². The lowest BCUT2D eigenvalue weighted by Crippen LogP contribution is -2.44. The van der Waals surface area contributed by atoms with Crippen LogP contribution in [0.1, 0.15) is 12.0 Å². The number of hydrogen-bond donors (Lipinski definition) is 2. The van der Waals surface area contributed by atoms with Gasteiger partial charge >= 0.3 is 0 Å². The van der Waals surface area contributed by atoms with Crippen LogP contribution in [-0.4, -0.2) is 53.6 Å². The average Bonchev–Trinajstić information content (AvgIpc) is 2.75. The molecule has 3 aromatic rings. The molecular weight excluding hydrogens is 410 g/mol. The van der Waals surface area contributed by atoms with Crippen LogP contribution in [0.2, 0.25) is 0 Å². The number of likely N-dealkylation sites (N-methyl/N-ethyl adjacent to an activating group) is 1. The number of nitrogens with zero attached hydrogens (tertiary/aromatic N) is 3. The molecule has 162 valence electrons. The number of anilines is 2. The lowest BCUT2D eigenvalue weighted by molar-refractivity contribution is -0.116. The number of aromatic amines is 1. The van der Waals surface area contributed by atoms with Crippen LogP contribution in [0, 0.1) is 11.7 Å². The zero-order valence-electron chi connectivity index (χ0n) is 17.9. The van der Waals surface area contributed by atoms with Gasteiger partial charge in [0.2, 0.25) is 5.91 Å². The Morgan fingerprint density at radius 2 is 1.87 bits per heavy atom. The summed E-state index contributed by atoms with van der Waals surface area (Å²) in [4.78, 5) is 33.0. The topological polar surface area (TPSA) is 73.4 Å². The number of rotatable bonds is 5. The smallest absolute Gasteiger partial charge is 0.262 e. The molecular formula is C23H27N5O2S. The van der Waals surface area contributed by atoms with Crippen molar-refractivity contribution >= 4 is 40.4 Å². The number of H-pyrrole nitrogens is 1. The van der Waals surface area contributed by atoms with E-state index in [2.05, 4.69) is 39.3 Å². The highest BCUT2D eigenvalue weighted by atomic mass is 32.1. The number of piperazine rings is 1. The first-order valence-corrected chi connectivity index (χ1v) is 10.9. The van der Waals surface area contributed by atoms with E-state index in [-0.39, 0.29) is 24.4 Å². The van der Waals surface area contributed by atoms with E-state index in [1.165, 1.54) is 10.3 Å². The summed E-state index contributed by atoms with van der Waals surface area (Å²) in [7, 11) is 2.14. The zero-order valence-corrected chi connectivity index (χ0v) is 18.7. The molecule has 0 atom stereocenters. The summed E-state index contributed by atoms with van der Waals surface area (Å²) in [5, 5.41) is 3.53. The van der Waals surface area contributed by atoms with Gasteiger partial charge in [-0.1, -0.05) is 12.1 Å². The second-order valence-corrected chi connectivity index (χ2v) is 8.41. The van der Waals surface area contributed by atoms with Crippen LogP contribution in [0.4, 0.5) is 11.4 Å². The molecule has 0 saturated carbocycles. The Kier molecular flexibility index (Phi) is 6.20. The molecule has 0 unspecified atom stereocenters. The van der Waals surface area contributed by atoms with Gasteiger partial charge in [-0.15, -0.1) is 0 Å². The Balaban J connectivity index is 1.42. The van der Waals surface area contributed by atoms with Crippen molar-refractivity contribution in [1.82, 2.24) is 14.5 Å². The van der Waals surface area contributed by atoms with Crippen LogP contribution in [0.5, 0.6) is 0 Å². The van der Waals surface area contributed by atoms with Crippen LogP contribution < -0.4 is 15.8 Å². The maximum Gasteiger partial charge on any atom is 0.262 e. The molecule has 1 aromatic heterocycles. The van der Waals surface area contributed by atoms with Gasteiger partial charge in [0, 0.05) is 50.5 Å². The summed E-state index contributed by atoms with van der Waals surface area (Å²) in [6.07, 6.45) is 0.162. The number of nitrogens with one attached hydrogen (secondary N) is 2. The van der Waals surface area contributed by atoms with E-state index in [1.807, 2.05) is 31.2 Å². The van der Waals surface area contributed by atoms with Gasteiger partial charge in [-0.2, -0.15) is 0 Å². The first kappa shape index (κ1) is 21.3. The Hall–Kier alpha value is -2.97. The maximum absolute atomic E-state index is 12.7. The molecule has 1 amide bonds. The second-order valence-electron chi connectivity index (χ2n) is 8.02. The first-order chi connectivity index (χ1) is 14.9. The predicted molar refractivity (Wildman–Crippen MR) is 128 cm³/mol. The Morgan fingerprint density at radius 1 is 1.13 bits per heavy atom. The molecule has 1 fully saturated rings. The molecule has 1 saturated heterocycles. The van der Waals surface area contributed by atoms with Gasteiger partial charge in [-0.25, -0.2) is 0 Å². The molecule has 0 spiro atoms. The highest BCUT2D eigenvalue weighted by molar-refractivity contribution is 7.71. The largest absolute Gasteiger partial charge is 0.369 e. The highest BCUT2D eigenvalue weighted by Crippen LogP contribution is 2.23. The fourth-order valence-electron chi connectivity index (χ4n) is 3.88. The van der Waals surface area contributed by atoms with Crippen LogP contribution in [0.3, 0.4) is 0 Å². The molecule has 1 aliphatic heterocycles. The SMILES string of the molecule is Cc1cc(N2CCN(C)CC2)ccc1NC(=O)CCn1c(=S)[nH]c2ccccc2c1=O. The van der Waals surface area contributed by atoms with Gasteiger partial charge in [-0.05, 0) is 62.1 Å². The Labute approximate surface area is 186 Å². The zero-order chi connectivity index (χ0) is 22.0.